The molecule has 0 radical (unpaired) electrons. The number of carbonyl (C=O) groups is 1. The second-order valence-corrected chi connectivity index (χ2v) is 6.35. The molecule has 7 nitrogen and oxygen atoms in total. The van der Waals surface area contributed by atoms with Crippen LogP contribution in [0.15, 0.2) is 23.2 Å². The summed E-state index contributed by atoms with van der Waals surface area (Å²) in [4.78, 5) is 15.2. The van der Waals surface area contributed by atoms with Gasteiger partial charge in [0, 0.05) is 31.7 Å². The van der Waals surface area contributed by atoms with Crippen molar-refractivity contribution in [1.82, 2.24) is 15.0 Å². The number of nitrogens with zero attached hydrogens (tertiary/aromatic N) is 1. The van der Waals surface area contributed by atoms with Crippen molar-refractivity contribution in [1.29, 1.82) is 0 Å². The van der Waals surface area contributed by atoms with E-state index >= 15 is 0 Å². The molecule has 1 saturated heterocycles. The van der Waals surface area contributed by atoms with Gasteiger partial charge >= 0.3 is 0 Å². The lowest BCUT2D eigenvalue weighted by Gasteiger charge is -2.11. The van der Waals surface area contributed by atoms with Crippen LogP contribution in [0, 0.1) is 0 Å². The highest BCUT2D eigenvalue weighted by molar-refractivity contribution is 7.89. The topological polar surface area (TPSA) is 100 Å². The molecule has 0 bridgehead atoms. The monoisotopic (exact) mass is 298 g/mol. The van der Waals surface area contributed by atoms with Gasteiger partial charge in [0.1, 0.15) is 10.7 Å². The van der Waals surface area contributed by atoms with E-state index in [2.05, 4.69) is 20.3 Å². The molecule has 1 aromatic heterocycles. The molecule has 0 saturated carbocycles. The maximum absolute atomic E-state index is 12.1. The van der Waals surface area contributed by atoms with Crippen LogP contribution in [0.2, 0.25) is 0 Å². The largest absolute Gasteiger partial charge is 0.370 e. The van der Waals surface area contributed by atoms with E-state index in [9.17, 15) is 13.2 Å². The first-order valence-electron chi connectivity index (χ1n) is 6.50. The van der Waals surface area contributed by atoms with Crippen molar-refractivity contribution < 1.29 is 13.2 Å². The molecule has 1 aromatic rings. The maximum atomic E-state index is 12.1. The summed E-state index contributed by atoms with van der Waals surface area (Å²) in [5.41, 5.74) is 0. The zero-order chi connectivity index (χ0) is 14.6. The average molecular weight is 298 g/mol. The van der Waals surface area contributed by atoms with Gasteiger partial charge in [0.15, 0.2) is 0 Å². The van der Waals surface area contributed by atoms with E-state index in [1.807, 2.05) is 6.92 Å². The van der Waals surface area contributed by atoms with Crippen LogP contribution in [0.1, 0.15) is 19.8 Å². The van der Waals surface area contributed by atoms with E-state index in [0.29, 0.717) is 12.4 Å². The molecule has 8 heteroatoms. The molecule has 0 aromatic carbocycles. The van der Waals surface area contributed by atoms with E-state index in [1.165, 1.54) is 12.3 Å². The second-order valence-electron chi connectivity index (χ2n) is 4.63. The lowest BCUT2D eigenvalue weighted by molar-refractivity contribution is -0.119. The van der Waals surface area contributed by atoms with Crippen LogP contribution < -0.4 is 15.4 Å². The van der Waals surface area contributed by atoms with Crippen LogP contribution in [0.5, 0.6) is 0 Å². The first-order chi connectivity index (χ1) is 9.51. The Labute approximate surface area is 118 Å². The van der Waals surface area contributed by atoms with Crippen molar-refractivity contribution in [3.63, 3.8) is 0 Å². The fourth-order valence-corrected chi connectivity index (χ4v) is 3.05. The highest BCUT2D eigenvalue weighted by atomic mass is 32.2. The number of rotatable bonds is 6. The van der Waals surface area contributed by atoms with E-state index in [0.717, 1.165) is 13.0 Å². The number of sulfonamides is 1. The van der Waals surface area contributed by atoms with Gasteiger partial charge in [-0.1, -0.05) is 6.92 Å². The lowest BCUT2D eigenvalue weighted by Crippen LogP contribution is -2.36. The van der Waals surface area contributed by atoms with Gasteiger partial charge < -0.3 is 10.6 Å². The molecular formula is C12H18N4O3S. The Morgan fingerprint density at radius 3 is 2.80 bits per heavy atom. The van der Waals surface area contributed by atoms with Crippen LogP contribution in [-0.4, -0.2) is 38.4 Å². The summed E-state index contributed by atoms with van der Waals surface area (Å²) in [5, 5.41) is 5.66. The number of amides is 1. The number of hydrogen-bond acceptors (Lipinski definition) is 5. The quantitative estimate of drug-likeness (QED) is 0.690. The second kappa shape index (κ2) is 6.19. The Bertz CT molecular complexity index is 571. The molecule has 2 rings (SSSR count). The van der Waals surface area contributed by atoms with Crippen molar-refractivity contribution in [2.45, 2.75) is 30.7 Å². The van der Waals surface area contributed by atoms with Gasteiger partial charge in [-0.25, -0.2) is 18.1 Å². The van der Waals surface area contributed by atoms with Gasteiger partial charge in [-0.05, 0) is 18.6 Å². The van der Waals surface area contributed by atoms with Crippen LogP contribution in [0.3, 0.4) is 0 Å². The van der Waals surface area contributed by atoms with Crippen LogP contribution >= 0.6 is 0 Å². The summed E-state index contributed by atoms with van der Waals surface area (Å²) < 4.78 is 26.7. The molecule has 1 aliphatic heterocycles. The molecule has 0 spiro atoms. The molecule has 1 amide bonds. The molecular weight excluding hydrogens is 280 g/mol. The summed E-state index contributed by atoms with van der Waals surface area (Å²) in [5.74, 6) is 0.499. The lowest BCUT2D eigenvalue weighted by atomic mass is 10.3. The molecule has 0 aliphatic carbocycles. The highest BCUT2D eigenvalue weighted by Crippen LogP contribution is 2.12. The molecule has 1 unspecified atom stereocenters. The van der Waals surface area contributed by atoms with Crippen molar-refractivity contribution in [2.24, 2.45) is 0 Å². The standard InChI is InChI=1S/C12H18N4O3S/c1-2-5-13-11-4-3-10(8-14-11)20(18,19)16-9-6-12(17)15-7-9/h3-4,8-9,16H,2,5-7H2,1H3,(H,13,14)(H,15,17). The fourth-order valence-electron chi connectivity index (χ4n) is 1.87. The molecule has 2 heterocycles. The molecule has 1 atom stereocenters. The predicted octanol–water partition coefficient (Wildman–Crippen LogP) is 0.0703. The third-order valence-electron chi connectivity index (χ3n) is 2.90. The summed E-state index contributed by atoms with van der Waals surface area (Å²) in [6.45, 7) is 3.14. The van der Waals surface area contributed by atoms with Gasteiger partial charge in [0.2, 0.25) is 15.9 Å². The Kier molecular flexibility index (Phi) is 4.56. The maximum Gasteiger partial charge on any atom is 0.242 e. The Hall–Kier alpha value is -1.67. The van der Waals surface area contributed by atoms with Crippen molar-refractivity contribution in [3.05, 3.63) is 18.3 Å². The van der Waals surface area contributed by atoms with E-state index < -0.39 is 16.1 Å². The minimum Gasteiger partial charge on any atom is -0.370 e. The number of aromatic nitrogens is 1. The number of hydrogen-bond donors (Lipinski definition) is 3. The number of anilines is 1. The predicted molar refractivity (Wildman–Crippen MR) is 74.8 cm³/mol. The van der Waals surface area contributed by atoms with E-state index in [-0.39, 0.29) is 17.2 Å². The SMILES string of the molecule is CCCNc1ccc(S(=O)(=O)NC2CNC(=O)C2)cn1. The smallest absolute Gasteiger partial charge is 0.242 e. The zero-order valence-corrected chi connectivity index (χ0v) is 12.0. The summed E-state index contributed by atoms with van der Waals surface area (Å²) in [6.07, 6.45) is 2.44. The van der Waals surface area contributed by atoms with E-state index in [1.54, 1.807) is 6.07 Å². The zero-order valence-electron chi connectivity index (χ0n) is 11.2. The molecule has 3 N–H and O–H groups in total. The third kappa shape index (κ3) is 3.67. The van der Waals surface area contributed by atoms with Crippen LogP contribution in [0.25, 0.3) is 0 Å². The van der Waals surface area contributed by atoms with Gasteiger partial charge in [0.05, 0.1) is 0 Å². The van der Waals surface area contributed by atoms with Crippen molar-refractivity contribution in [3.8, 4) is 0 Å². The first kappa shape index (κ1) is 14.7. The van der Waals surface area contributed by atoms with Crippen molar-refractivity contribution >= 4 is 21.7 Å². The van der Waals surface area contributed by atoms with Crippen molar-refractivity contribution in [2.75, 3.05) is 18.4 Å². The Morgan fingerprint density at radius 2 is 2.25 bits per heavy atom. The number of carbonyl (C=O) groups excluding carboxylic acids is 1. The minimum atomic E-state index is -3.64. The Balaban J connectivity index is 2.03. The van der Waals surface area contributed by atoms with Crippen LogP contribution in [0.4, 0.5) is 5.82 Å². The normalized spacial score (nSPS) is 18.9. The van der Waals surface area contributed by atoms with Gasteiger partial charge in [-0.2, -0.15) is 0 Å². The van der Waals surface area contributed by atoms with Gasteiger partial charge in [-0.3, -0.25) is 4.79 Å². The average Bonchev–Trinajstić information content (AvgIpc) is 2.81. The number of nitrogens with one attached hydrogen (secondary N) is 3. The highest BCUT2D eigenvalue weighted by Gasteiger charge is 2.26. The number of pyridine rings is 1. The van der Waals surface area contributed by atoms with Gasteiger partial charge in [-0.15, -0.1) is 0 Å². The Morgan fingerprint density at radius 1 is 1.45 bits per heavy atom. The molecule has 20 heavy (non-hydrogen) atoms. The summed E-state index contributed by atoms with van der Waals surface area (Å²) >= 11 is 0. The fraction of sp³-hybridized carbons (Fsp3) is 0.500. The minimum absolute atomic E-state index is 0.0962. The third-order valence-corrected chi connectivity index (χ3v) is 4.41. The molecule has 1 aliphatic rings. The summed E-state index contributed by atoms with van der Waals surface area (Å²) in [7, 11) is -3.64. The van der Waals surface area contributed by atoms with Gasteiger partial charge in [0.25, 0.3) is 0 Å². The van der Waals surface area contributed by atoms with Crippen LogP contribution in [-0.2, 0) is 14.8 Å². The summed E-state index contributed by atoms with van der Waals surface area (Å²) in [6, 6.07) is 2.73. The van der Waals surface area contributed by atoms with E-state index in [4.69, 9.17) is 0 Å². The first-order valence-corrected chi connectivity index (χ1v) is 7.98. The molecule has 110 valence electrons. The molecule has 1 fully saturated rings.